The summed E-state index contributed by atoms with van der Waals surface area (Å²) in [6.45, 7) is 2.66. The Hall–Kier alpha value is -1.45. The minimum absolute atomic E-state index is 0.245. The van der Waals surface area contributed by atoms with Crippen LogP contribution in [0.25, 0.3) is 10.4 Å². The molecule has 1 heterocycles. The molecule has 0 radical (unpaired) electrons. The Morgan fingerprint density at radius 1 is 1.16 bits per heavy atom. The van der Waals surface area contributed by atoms with E-state index >= 15 is 0 Å². The van der Waals surface area contributed by atoms with Crippen molar-refractivity contribution >= 4 is 17.1 Å². The van der Waals surface area contributed by atoms with Crippen molar-refractivity contribution in [3.63, 3.8) is 0 Å². The first-order valence-electron chi connectivity index (χ1n) is 6.46. The minimum atomic E-state index is 0.245. The molecule has 0 aliphatic heterocycles. The van der Waals surface area contributed by atoms with Gasteiger partial charge in [0.1, 0.15) is 0 Å². The van der Waals surface area contributed by atoms with Gasteiger partial charge in [-0.2, -0.15) is 0 Å². The van der Waals surface area contributed by atoms with Crippen molar-refractivity contribution in [2.24, 2.45) is 0 Å². The molecule has 1 aromatic carbocycles. The highest BCUT2D eigenvalue weighted by Crippen LogP contribution is 2.29. The third-order valence-corrected chi connectivity index (χ3v) is 4.08. The Morgan fingerprint density at radius 3 is 2.53 bits per heavy atom. The molecule has 0 bridgehead atoms. The molecule has 0 spiro atoms. The molecule has 0 aliphatic carbocycles. The maximum absolute atomic E-state index is 11.8. The van der Waals surface area contributed by atoms with E-state index in [1.54, 1.807) is 18.4 Å². The molecule has 0 amide bonds. The van der Waals surface area contributed by atoms with Crippen LogP contribution in [0.15, 0.2) is 36.4 Å². The lowest BCUT2D eigenvalue weighted by Crippen LogP contribution is -1.93. The van der Waals surface area contributed by atoms with Crippen LogP contribution in [0, 0.1) is 0 Å². The van der Waals surface area contributed by atoms with Crippen LogP contribution in [0.2, 0.25) is 0 Å². The number of thiophene rings is 1. The number of Topliss-reactive ketones (excluding diaryl/α,β-unsaturated/α-hetero) is 1. The monoisotopic (exact) mass is 274 g/mol. The highest BCUT2D eigenvalue weighted by Gasteiger charge is 2.09. The summed E-state index contributed by atoms with van der Waals surface area (Å²) < 4.78 is 5.09. The van der Waals surface area contributed by atoms with Gasteiger partial charge in [-0.15, -0.1) is 11.3 Å². The van der Waals surface area contributed by atoms with E-state index in [4.69, 9.17) is 4.74 Å². The second kappa shape index (κ2) is 6.64. The maximum Gasteiger partial charge on any atom is 0.172 e. The zero-order valence-electron chi connectivity index (χ0n) is 11.3. The van der Waals surface area contributed by atoms with E-state index < -0.39 is 0 Å². The number of hydrogen-bond donors (Lipinski definition) is 0. The maximum atomic E-state index is 11.8. The Balaban J connectivity index is 2.15. The van der Waals surface area contributed by atoms with E-state index in [0.29, 0.717) is 13.0 Å². The molecule has 2 aromatic rings. The van der Waals surface area contributed by atoms with Gasteiger partial charge in [-0.05, 0) is 29.7 Å². The summed E-state index contributed by atoms with van der Waals surface area (Å²) in [5, 5.41) is 0. The van der Waals surface area contributed by atoms with Crippen LogP contribution in [0.4, 0.5) is 0 Å². The summed E-state index contributed by atoms with van der Waals surface area (Å²) in [7, 11) is 1.69. The van der Waals surface area contributed by atoms with E-state index in [-0.39, 0.29) is 5.78 Å². The van der Waals surface area contributed by atoms with E-state index in [0.717, 1.165) is 27.3 Å². The first-order valence-corrected chi connectivity index (χ1v) is 7.27. The van der Waals surface area contributed by atoms with Gasteiger partial charge in [-0.25, -0.2) is 0 Å². The highest BCUT2D eigenvalue weighted by atomic mass is 32.1. The first kappa shape index (κ1) is 14.0. The van der Waals surface area contributed by atoms with Crippen molar-refractivity contribution < 1.29 is 9.53 Å². The topological polar surface area (TPSA) is 26.3 Å². The fraction of sp³-hybridized carbons (Fsp3) is 0.312. The number of carbonyl (C=O) groups excluding carboxylic acids is 1. The van der Waals surface area contributed by atoms with Gasteiger partial charge in [-0.1, -0.05) is 31.2 Å². The summed E-state index contributed by atoms with van der Waals surface area (Å²) in [6.07, 6.45) is 1.53. The quantitative estimate of drug-likeness (QED) is 0.723. The number of rotatable bonds is 6. The lowest BCUT2D eigenvalue weighted by Gasteiger charge is -2.01. The summed E-state index contributed by atoms with van der Waals surface area (Å²) in [6, 6.07) is 12.2. The fourth-order valence-electron chi connectivity index (χ4n) is 1.93. The molecule has 0 saturated heterocycles. The Bertz CT molecular complexity index is 540. The molecule has 0 aliphatic rings. The third kappa shape index (κ3) is 3.52. The van der Waals surface area contributed by atoms with E-state index in [2.05, 4.69) is 24.3 Å². The Morgan fingerprint density at radius 2 is 1.89 bits per heavy atom. The second-order valence-corrected chi connectivity index (χ2v) is 5.55. The number of ether oxygens (including phenoxy) is 1. The number of carbonyl (C=O) groups is 1. The van der Waals surface area contributed by atoms with Crippen LogP contribution >= 0.6 is 11.3 Å². The van der Waals surface area contributed by atoms with Crippen molar-refractivity contribution in [3.8, 4) is 10.4 Å². The van der Waals surface area contributed by atoms with Gasteiger partial charge in [0, 0.05) is 18.4 Å². The number of ketones is 1. The first-order chi connectivity index (χ1) is 9.24. The van der Waals surface area contributed by atoms with Crippen LogP contribution in [0.1, 0.15) is 35.0 Å². The summed E-state index contributed by atoms with van der Waals surface area (Å²) in [5.41, 5.74) is 2.31. The van der Waals surface area contributed by atoms with Crippen LogP contribution in [-0.2, 0) is 11.3 Å². The van der Waals surface area contributed by atoms with Gasteiger partial charge < -0.3 is 4.74 Å². The van der Waals surface area contributed by atoms with Gasteiger partial charge in [0.05, 0.1) is 11.5 Å². The normalized spacial score (nSPS) is 10.6. The number of benzene rings is 1. The largest absolute Gasteiger partial charge is 0.380 e. The molecule has 100 valence electrons. The van der Waals surface area contributed by atoms with Crippen molar-refractivity contribution in [2.45, 2.75) is 26.4 Å². The molecule has 0 saturated carbocycles. The van der Waals surface area contributed by atoms with Crippen LogP contribution in [-0.4, -0.2) is 12.9 Å². The number of hydrogen-bond acceptors (Lipinski definition) is 3. The van der Waals surface area contributed by atoms with Crippen molar-refractivity contribution in [3.05, 3.63) is 46.8 Å². The third-order valence-electron chi connectivity index (χ3n) is 2.91. The highest BCUT2D eigenvalue weighted by molar-refractivity contribution is 7.17. The molecular weight excluding hydrogens is 256 g/mol. The zero-order chi connectivity index (χ0) is 13.7. The van der Waals surface area contributed by atoms with Gasteiger partial charge in [-0.3, -0.25) is 4.79 Å². The van der Waals surface area contributed by atoms with E-state index in [1.165, 1.54) is 0 Å². The Kier molecular flexibility index (Phi) is 4.88. The second-order valence-electron chi connectivity index (χ2n) is 4.47. The SMILES string of the molecule is CCCC(=O)c1ccc(-c2ccc(COC)cc2)s1. The van der Waals surface area contributed by atoms with Crippen LogP contribution in [0.5, 0.6) is 0 Å². The lowest BCUT2D eigenvalue weighted by molar-refractivity contribution is 0.0985. The molecule has 0 atom stereocenters. The predicted octanol–water partition coefficient (Wildman–Crippen LogP) is 4.54. The summed E-state index contributed by atoms with van der Waals surface area (Å²) in [5.74, 6) is 0.245. The minimum Gasteiger partial charge on any atom is -0.380 e. The van der Waals surface area contributed by atoms with Gasteiger partial charge in [0.15, 0.2) is 5.78 Å². The van der Waals surface area contributed by atoms with Crippen LogP contribution in [0.3, 0.4) is 0 Å². The van der Waals surface area contributed by atoms with Gasteiger partial charge in [0.2, 0.25) is 0 Å². The zero-order valence-corrected chi connectivity index (χ0v) is 12.1. The van der Waals surface area contributed by atoms with Crippen molar-refractivity contribution in [1.29, 1.82) is 0 Å². The van der Waals surface area contributed by atoms with Gasteiger partial charge >= 0.3 is 0 Å². The molecule has 2 rings (SSSR count). The predicted molar refractivity (Wildman–Crippen MR) is 79.7 cm³/mol. The molecule has 0 N–H and O–H groups in total. The summed E-state index contributed by atoms with van der Waals surface area (Å²) in [4.78, 5) is 13.8. The number of methoxy groups -OCH3 is 1. The van der Waals surface area contributed by atoms with Crippen LogP contribution < -0.4 is 0 Å². The van der Waals surface area contributed by atoms with Gasteiger partial charge in [0.25, 0.3) is 0 Å². The molecule has 2 nitrogen and oxygen atoms in total. The molecule has 1 aromatic heterocycles. The Labute approximate surface area is 118 Å². The van der Waals surface area contributed by atoms with Crippen molar-refractivity contribution in [2.75, 3.05) is 7.11 Å². The summed E-state index contributed by atoms with van der Waals surface area (Å²) >= 11 is 1.57. The lowest BCUT2D eigenvalue weighted by atomic mass is 10.1. The molecular formula is C16H18O2S. The van der Waals surface area contributed by atoms with Crippen molar-refractivity contribution in [1.82, 2.24) is 0 Å². The molecule has 0 unspecified atom stereocenters. The smallest absolute Gasteiger partial charge is 0.172 e. The standard InChI is InChI=1S/C16H18O2S/c1-3-4-14(17)16-10-9-15(19-16)13-7-5-12(6-8-13)11-18-2/h5-10H,3-4,11H2,1-2H3. The molecule has 3 heteroatoms. The van der Waals surface area contributed by atoms with E-state index in [9.17, 15) is 4.79 Å². The molecule has 0 fully saturated rings. The molecule has 19 heavy (non-hydrogen) atoms. The van der Waals surface area contributed by atoms with E-state index in [1.807, 2.05) is 19.1 Å². The average Bonchev–Trinajstić information content (AvgIpc) is 2.90. The average molecular weight is 274 g/mol. The fourth-order valence-corrected chi connectivity index (χ4v) is 2.90.